The Morgan fingerprint density at radius 1 is 0.333 bits per heavy atom. The minimum atomic E-state index is -0.0415. The summed E-state index contributed by atoms with van der Waals surface area (Å²) in [5.41, 5.74) is 18.7. The summed E-state index contributed by atoms with van der Waals surface area (Å²) in [5, 5.41) is 0. The molecule has 0 fully saturated rings. The van der Waals surface area contributed by atoms with E-state index in [1.54, 1.807) is 0 Å². The van der Waals surface area contributed by atoms with Crippen LogP contribution in [0.15, 0.2) is 97.1 Å². The summed E-state index contributed by atoms with van der Waals surface area (Å²) in [7, 11) is 0. The van der Waals surface area contributed by atoms with Gasteiger partial charge >= 0.3 is 0 Å². The predicted octanol–water partition coefficient (Wildman–Crippen LogP) is 6.94. The van der Waals surface area contributed by atoms with E-state index in [1.807, 2.05) is 0 Å². The molecule has 0 saturated carbocycles. The van der Waals surface area contributed by atoms with Crippen LogP contribution in [0.4, 0.5) is 0 Å². The lowest BCUT2D eigenvalue weighted by Gasteiger charge is -2.24. The van der Waals surface area contributed by atoms with Crippen LogP contribution in [0.25, 0.3) is 33.4 Å². The van der Waals surface area contributed by atoms with Crippen molar-refractivity contribution in [1.82, 2.24) is 0 Å². The van der Waals surface area contributed by atoms with Gasteiger partial charge in [-0.3, -0.25) is 0 Å². The SMILES string of the molecule is c1ccc2c(c1)C1=C3c4ccccc4C4=C(c5ccccc53)C3OC4C2=C3c2ccccc21. The third-order valence-electron chi connectivity index (χ3n) is 8.10. The first-order valence-electron chi connectivity index (χ1n) is 11.7. The maximum Gasteiger partial charge on any atom is 0.111 e. The van der Waals surface area contributed by atoms with Gasteiger partial charge in [-0.2, -0.15) is 0 Å². The van der Waals surface area contributed by atoms with Gasteiger partial charge in [0.1, 0.15) is 12.2 Å². The van der Waals surface area contributed by atoms with Crippen molar-refractivity contribution in [3.05, 3.63) is 142 Å². The van der Waals surface area contributed by atoms with E-state index < -0.39 is 0 Å². The molecule has 0 spiro atoms. The number of ether oxygens (including phenoxy) is 1. The van der Waals surface area contributed by atoms with Crippen LogP contribution in [-0.4, -0.2) is 12.2 Å². The highest BCUT2D eigenvalue weighted by Gasteiger charge is 2.52. The zero-order valence-electron chi connectivity index (χ0n) is 17.8. The summed E-state index contributed by atoms with van der Waals surface area (Å²) in [6, 6.07) is 35.9. The number of benzene rings is 4. The highest BCUT2D eigenvalue weighted by Crippen LogP contribution is 2.64. The van der Waals surface area contributed by atoms with E-state index in [1.165, 1.54) is 77.9 Å². The topological polar surface area (TPSA) is 9.23 Å². The molecule has 0 aromatic heterocycles. The van der Waals surface area contributed by atoms with Crippen LogP contribution in [0.3, 0.4) is 0 Å². The van der Waals surface area contributed by atoms with Crippen LogP contribution in [-0.2, 0) is 4.74 Å². The zero-order chi connectivity index (χ0) is 21.3. The van der Waals surface area contributed by atoms with Crippen LogP contribution in [0.2, 0.25) is 0 Å². The van der Waals surface area contributed by atoms with Crippen molar-refractivity contribution in [1.29, 1.82) is 0 Å². The van der Waals surface area contributed by atoms with E-state index in [4.69, 9.17) is 4.74 Å². The second-order valence-electron chi connectivity index (χ2n) is 9.48. The normalized spacial score (nSPS) is 22.1. The molecule has 2 aliphatic heterocycles. The Morgan fingerprint density at radius 2 is 0.576 bits per heavy atom. The first-order valence-corrected chi connectivity index (χ1v) is 11.7. The quantitative estimate of drug-likeness (QED) is 0.301. The Kier molecular flexibility index (Phi) is 2.78. The van der Waals surface area contributed by atoms with Crippen molar-refractivity contribution >= 4 is 33.4 Å². The molecule has 1 nitrogen and oxygen atoms in total. The van der Waals surface area contributed by atoms with E-state index in [9.17, 15) is 0 Å². The van der Waals surface area contributed by atoms with Crippen molar-refractivity contribution in [2.75, 3.05) is 0 Å². The van der Waals surface area contributed by atoms with E-state index in [2.05, 4.69) is 97.1 Å². The van der Waals surface area contributed by atoms with Crippen molar-refractivity contribution in [3.63, 3.8) is 0 Å². The van der Waals surface area contributed by atoms with Crippen LogP contribution in [0, 0.1) is 0 Å². The van der Waals surface area contributed by atoms with Crippen LogP contribution in [0.1, 0.15) is 44.5 Å². The minimum absolute atomic E-state index is 0.0415. The van der Waals surface area contributed by atoms with Gasteiger partial charge in [-0.1, -0.05) is 97.1 Å². The van der Waals surface area contributed by atoms with Crippen molar-refractivity contribution in [2.24, 2.45) is 0 Å². The zero-order valence-corrected chi connectivity index (χ0v) is 17.8. The smallest absolute Gasteiger partial charge is 0.111 e. The van der Waals surface area contributed by atoms with Gasteiger partial charge in [0, 0.05) is 0 Å². The fourth-order valence-electron chi connectivity index (χ4n) is 6.98. The molecule has 1 heteroatoms. The van der Waals surface area contributed by atoms with Crippen molar-refractivity contribution in [3.8, 4) is 0 Å². The van der Waals surface area contributed by atoms with Gasteiger partial charge in [0.25, 0.3) is 0 Å². The Hall–Kier alpha value is -3.94. The molecule has 152 valence electrons. The number of hydrogen-bond donors (Lipinski definition) is 0. The summed E-state index contributed by atoms with van der Waals surface area (Å²) < 4.78 is 6.95. The molecular formula is C32H18O. The largest absolute Gasteiger partial charge is 0.356 e. The highest BCUT2D eigenvalue weighted by molar-refractivity contribution is 6.26. The Balaban J connectivity index is 1.67. The molecule has 4 aromatic rings. The van der Waals surface area contributed by atoms with E-state index in [-0.39, 0.29) is 12.2 Å². The third-order valence-corrected chi connectivity index (χ3v) is 8.10. The second kappa shape index (κ2) is 5.51. The number of hydrogen-bond acceptors (Lipinski definition) is 1. The molecule has 6 aliphatic rings. The Labute approximate surface area is 192 Å². The van der Waals surface area contributed by atoms with E-state index in [0.717, 1.165) is 0 Å². The van der Waals surface area contributed by atoms with Crippen molar-refractivity contribution in [2.45, 2.75) is 12.2 Å². The molecule has 0 N–H and O–H groups in total. The second-order valence-corrected chi connectivity index (χ2v) is 9.48. The van der Waals surface area contributed by atoms with Crippen LogP contribution in [0.5, 0.6) is 0 Å². The highest BCUT2D eigenvalue weighted by atomic mass is 16.5. The summed E-state index contributed by atoms with van der Waals surface area (Å²) >= 11 is 0. The molecular weight excluding hydrogens is 400 g/mol. The molecule has 0 unspecified atom stereocenters. The van der Waals surface area contributed by atoms with E-state index >= 15 is 0 Å². The average molecular weight is 418 g/mol. The fraction of sp³-hybridized carbons (Fsp3) is 0.0625. The van der Waals surface area contributed by atoms with Crippen molar-refractivity contribution < 1.29 is 4.74 Å². The lowest BCUT2D eigenvalue weighted by atomic mass is 9.76. The lowest BCUT2D eigenvalue weighted by Crippen LogP contribution is -2.13. The van der Waals surface area contributed by atoms with Gasteiger partial charge in [-0.05, 0) is 77.9 Å². The lowest BCUT2D eigenvalue weighted by molar-refractivity contribution is 0.150. The Bertz CT molecular complexity index is 1450. The third kappa shape index (κ3) is 1.76. The molecule has 10 rings (SSSR count). The molecule has 8 bridgehead atoms. The molecule has 0 saturated heterocycles. The van der Waals surface area contributed by atoms with Gasteiger partial charge in [-0.25, -0.2) is 0 Å². The van der Waals surface area contributed by atoms with Gasteiger partial charge < -0.3 is 4.74 Å². The summed E-state index contributed by atoms with van der Waals surface area (Å²) in [5.74, 6) is 0. The van der Waals surface area contributed by atoms with E-state index in [0.29, 0.717) is 0 Å². The van der Waals surface area contributed by atoms with Gasteiger partial charge in [-0.15, -0.1) is 0 Å². The maximum absolute atomic E-state index is 6.95. The maximum atomic E-state index is 6.95. The first-order chi connectivity index (χ1) is 16.4. The molecule has 33 heavy (non-hydrogen) atoms. The van der Waals surface area contributed by atoms with Gasteiger partial charge in [0.15, 0.2) is 0 Å². The van der Waals surface area contributed by atoms with Gasteiger partial charge in [0.05, 0.1) is 0 Å². The molecule has 2 heterocycles. The minimum Gasteiger partial charge on any atom is -0.356 e. The summed E-state index contributed by atoms with van der Waals surface area (Å²) in [6.07, 6.45) is -0.0829. The number of rotatable bonds is 0. The molecule has 0 amide bonds. The van der Waals surface area contributed by atoms with Gasteiger partial charge in [0.2, 0.25) is 0 Å². The molecule has 4 aromatic carbocycles. The molecule has 0 atom stereocenters. The standard InChI is InChI=1S/C32H18O/c1-5-13-21-17(9-1)25-18-10-2-6-14-22(18)28-27(21)31-29-23-15-7-3-11-19(23)26(25)20-12-4-8-16-24(20)30(29)32(28)33-31/h1-16,31-32H. The first kappa shape index (κ1) is 16.7. The Morgan fingerprint density at radius 3 is 0.848 bits per heavy atom. The predicted molar refractivity (Wildman–Crippen MR) is 133 cm³/mol. The molecule has 4 aliphatic carbocycles. The van der Waals surface area contributed by atoms with Crippen LogP contribution >= 0.6 is 0 Å². The summed E-state index contributed by atoms with van der Waals surface area (Å²) in [6.45, 7) is 0. The average Bonchev–Trinajstić information content (AvgIpc) is 3.37. The summed E-state index contributed by atoms with van der Waals surface area (Å²) in [4.78, 5) is 0. The monoisotopic (exact) mass is 418 g/mol. The fourth-order valence-corrected chi connectivity index (χ4v) is 6.98. The molecule has 0 radical (unpaired) electrons. The van der Waals surface area contributed by atoms with Crippen LogP contribution < -0.4 is 0 Å².